The summed E-state index contributed by atoms with van der Waals surface area (Å²) in [6, 6.07) is 11.6. The van der Waals surface area contributed by atoms with Crippen molar-refractivity contribution in [2.45, 2.75) is 24.3 Å². The average molecular weight is 378 g/mol. The van der Waals surface area contributed by atoms with Gasteiger partial charge in [0, 0.05) is 13.0 Å². The lowest BCUT2D eigenvalue weighted by Gasteiger charge is -2.10. The van der Waals surface area contributed by atoms with Crippen LogP contribution in [0.1, 0.15) is 17.5 Å². The molecule has 7 nitrogen and oxygen atoms in total. The van der Waals surface area contributed by atoms with Crippen LogP contribution in [0.2, 0.25) is 0 Å². The van der Waals surface area contributed by atoms with Crippen molar-refractivity contribution in [2.75, 3.05) is 14.2 Å². The van der Waals surface area contributed by atoms with E-state index in [0.29, 0.717) is 30.9 Å². The van der Waals surface area contributed by atoms with Crippen LogP contribution in [-0.2, 0) is 27.8 Å². The fourth-order valence-electron chi connectivity index (χ4n) is 2.38. The number of ether oxygens (including phenoxy) is 2. The number of amides is 1. The first kappa shape index (κ1) is 19.7. The van der Waals surface area contributed by atoms with Crippen molar-refractivity contribution in [1.29, 1.82) is 0 Å². The molecule has 0 fully saturated rings. The molecule has 0 aliphatic carbocycles. The van der Waals surface area contributed by atoms with Gasteiger partial charge in [0.15, 0.2) is 11.5 Å². The molecule has 2 aromatic rings. The Morgan fingerprint density at radius 3 is 2.19 bits per heavy atom. The lowest BCUT2D eigenvalue weighted by atomic mass is 10.1. The number of methoxy groups -OCH3 is 2. The molecule has 3 N–H and O–H groups in total. The second kappa shape index (κ2) is 8.68. The zero-order valence-electron chi connectivity index (χ0n) is 14.7. The molecule has 0 spiro atoms. The molecule has 0 unspecified atom stereocenters. The quantitative estimate of drug-likeness (QED) is 0.725. The van der Waals surface area contributed by atoms with Gasteiger partial charge in [-0.15, -0.1) is 0 Å². The van der Waals surface area contributed by atoms with Crippen LogP contribution in [0.25, 0.3) is 0 Å². The Bertz CT molecular complexity index is 864. The van der Waals surface area contributed by atoms with E-state index in [2.05, 4.69) is 5.32 Å². The Labute approximate surface area is 153 Å². The number of hydrogen-bond donors (Lipinski definition) is 2. The first-order valence-electron chi connectivity index (χ1n) is 7.93. The molecule has 0 heterocycles. The van der Waals surface area contributed by atoms with Gasteiger partial charge in [0.25, 0.3) is 0 Å². The number of aryl methyl sites for hydroxylation is 1. The minimum atomic E-state index is -3.71. The van der Waals surface area contributed by atoms with Gasteiger partial charge in [-0.25, -0.2) is 13.6 Å². The van der Waals surface area contributed by atoms with Crippen molar-refractivity contribution in [3.63, 3.8) is 0 Å². The van der Waals surface area contributed by atoms with Crippen LogP contribution < -0.4 is 19.9 Å². The molecule has 0 atom stereocenters. The third-order valence-electron chi connectivity index (χ3n) is 3.83. The van der Waals surface area contributed by atoms with E-state index in [1.165, 1.54) is 12.1 Å². The second-order valence-corrected chi connectivity index (χ2v) is 7.22. The van der Waals surface area contributed by atoms with Crippen LogP contribution in [0.15, 0.2) is 47.4 Å². The maximum absolute atomic E-state index is 12.0. The lowest BCUT2D eigenvalue weighted by molar-refractivity contribution is -0.121. The van der Waals surface area contributed by atoms with E-state index in [0.717, 1.165) is 11.1 Å². The van der Waals surface area contributed by atoms with Crippen LogP contribution in [0.4, 0.5) is 0 Å². The smallest absolute Gasteiger partial charge is 0.238 e. The highest BCUT2D eigenvalue weighted by Crippen LogP contribution is 2.27. The summed E-state index contributed by atoms with van der Waals surface area (Å²) in [5.74, 6) is 1.17. The number of carbonyl (C=O) groups is 1. The first-order chi connectivity index (χ1) is 12.3. The molecule has 0 bridgehead atoms. The monoisotopic (exact) mass is 378 g/mol. The van der Waals surface area contributed by atoms with Crippen LogP contribution in [0.5, 0.6) is 11.5 Å². The second-order valence-electron chi connectivity index (χ2n) is 5.66. The number of primary sulfonamides is 1. The Kier molecular flexibility index (Phi) is 6.59. The van der Waals surface area contributed by atoms with Crippen LogP contribution in [-0.4, -0.2) is 28.5 Å². The summed E-state index contributed by atoms with van der Waals surface area (Å²) in [5.41, 5.74) is 1.76. The summed E-state index contributed by atoms with van der Waals surface area (Å²) in [5, 5.41) is 7.85. The lowest BCUT2D eigenvalue weighted by Crippen LogP contribution is -2.23. The van der Waals surface area contributed by atoms with E-state index in [9.17, 15) is 13.2 Å². The number of carbonyl (C=O) groups excluding carboxylic acids is 1. The van der Waals surface area contributed by atoms with Gasteiger partial charge in [-0.2, -0.15) is 0 Å². The van der Waals surface area contributed by atoms with Gasteiger partial charge < -0.3 is 14.8 Å². The normalized spacial score (nSPS) is 11.0. The Balaban J connectivity index is 1.86. The molecule has 0 saturated carbocycles. The molecule has 0 radical (unpaired) electrons. The molecule has 1 amide bonds. The van der Waals surface area contributed by atoms with E-state index in [1.807, 2.05) is 12.1 Å². The molecule has 0 aliphatic rings. The van der Waals surface area contributed by atoms with Gasteiger partial charge in [-0.1, -0.05) is 18.2 Å². The molecule has 0 aliphatic heterocycles. The van der Waals surface area contributed by atoms with E-state index in [-0.39, 0.29) is 10.8 Å². The van der Waals surface area contributed by atoms with Crippen molar-refractivity contribution in [1.82, 2.24) is 5.32 Å². The summed E-state index contributed by atoms with van der Waals surface area (Å²) in [6.45, 7) is 0.315. The van der Waals surface area contributed by atoms with Gasteiger partial charge in [-0.3, -0.25) is 4.79 Å². The molecule has 2 rings (SSSR count). The Morgan fingerprint density at radius 1 is 1.00 bits per heavy atom. The van der Waals surface area contributed by atoms with Crippen molar-refractivity contribution in [2.24, 2.45) is 5.14 Å². The third kappa shape index (κ3) is 5.47. The van der Waals surface area contributed by atoms with Crippen molar-refractivity contribution in [3.8, 4) is 11.5 Å². The van der Waals surface area contributed by atoms with Gasteiger partial charge in [0.1, 0.15) is 0 Å². The minimum Gasteiger partial charge on any atom is -0.493 e. The number of nitrogens with two attached hydrogens (primary N) is 1. The molecule has 0 aromatic heterocycles. The van der Waals surface area contributed by atoms with Crippen LogP contribution in [0, 0.1) is 0 Å². The molecule has 140 valence electrons. The fourth-order valence-corrected chi connectivity index (χ4v) is 2.90. The number of nitrogens with one attached hydrogen (secondary N) is 1. The van der Waals surface area contributed by atoms with E-state index >= 15 is 0 Å². The third-order valence-corrected chi connectivity index (χ3v) is 4.76. The largest absolute Gasteiger partial charge is 0.493 e. The topological polar surface area (TPSA) is 108 Å². The Hall–Kier alpha value is -2.58. The zero-order valence-corrected chi connectivity index (χ0v) is 15.5. The summed E-state index contributed by atoms with van der Waals surface area (Å²) in [4.78, 5) is 12.1. The standard InChI is InChI=1S/C18H22N2O5S/c1-24-16-9-5-13(11-17(16)25-2)6-10-18(21)20-12-14-3-7-15(8-4-14)26(19,22)23/h3-5,7-9,11H,6,10,12H2,1-2H3,(H,20,21)(H2,19,22,23). The number of benzene rings is 2. The van der Waals surface area contributed by atoms with E-state index in [4.69, 9.17) is 14.6 Å². The van der Waals surface area contributed by atoms with Crippen molar-refractivity contribution >= 4 is 15.9 Å². The maximum Gasteiger partial charge on any atom is 0.238 e. The summed E-state index contributed by atoms with van der Waals surface area (Å²) in [7, 11) is -0.573. The molecule has 0 saturated heterocycles. The van der Waals surface area contributed by atoms with Gasteiger partial charge in [0.2, 0.25) is 15.9 Å². The number of hydrogen-bond acceptors (Lipinski definition) is 5. The number of rotatable bonds is 8. The van der Waals surface area contributed by atoms with Crippen molar-refractivity contribution < 1.29 is 22.7 Å². The van der Waals surface area contributed by atoms with Crippen molar-refractivity contribution in [3.05, 3.63) is 53.6 Å². The first-order valence-corrected chi connectivity index (χ1v) is 9.47. The summed E-state index contributed by atoms with van der Waals surface area (Å²) < 4.78 is 32.8. The van der Waals surface area contributed by atoms with Gasteiger partial charge in [-0.05, 0) is 41.8 Å². The average Bonchev–Trinajstić information content (AvgIpc) is 2.64. The summed E-state index contributed by atoms with van der Waals surface area (Å²) in [6.07, 6.45) is 0.890. The molecular formula is C18H22N2O5S. The van der Waals surface area contributed by atoms with Gasteiger partial charge >= 0.3 is 0 Å². The van der Waals surface area contributed by atoms with Crippen LogP contribution in [0.3, 0.4) is 0 Å². The predicted octanol–water partition coefficient (Wildman–Crippen LogP) is 1.60. The Morgan fingerprint density at radius 2 is 1.62 bits per heavy atom. The SMILES string of the molecule is COc1ccc(CCC(=O)NCc2ccc(S(N)(=O)=O)cc2)cc1OC. The molecule has 2 aromatic carbocycles. The molecule has 26 heavy (non-hydrogen) atoms. The highest BCUT2D eigenvalue weighted by molar-refractivity contribution is 7.89. The molecule has 8 heteroatoms. The summed E-state index contributed by atoms with van der Waals surface area (Å²) >= 11 is 0. The van der Waals surface area contributed by atoms with E-state index < -0.39 is 10.0 Å². The van der Waals surface area contributed by atoms with Gasteiger partial charge in [0.05, 0.1) is 19.1 Å². The fraction of sp³-hybridized carbons (Fsp3) is 0.278. The minimum absolute atomic E-state index is 0.0426. The van der Waals surface area contributed by atoms with Crippen LogP contribution >= 0.6 is 0 Å². The number of sulfonamides is 1. The zero-order chi connectivity index (χ0) is 19.2. The highest BCUT2D eigenvalue weighted by Gasteiger charge is 2.09. The van der Waals surface area contributed by atoms with E-state index in [1.54, 1.807) is 32.4 Å². The predicted molar refractivity (Wildman–Crippen MR) is 97.5 cm³/mol. The highest BCUT2D eigenvalue weighted by atomic mass is 32.2. The molecular weight excluding hydrogens is 356 g/mol. The maximum atomic E-state index is 12.0.